The largest absolute Gasteiger partial charge is 0.403 e. The number of halogens is 2. The third kappa shape index (κ3) is 4.24. The van der Waals surface area contributed by atoms with E-state index in [1.165, 1.54) is 6.20 Å². The predicted molar refractivity (Wildman–Crippen MR) is 127 cm³/mol. The van der Waals surface area contributed by atoms with E-state index in [9.17, 15) is 5.11 Å². The molecule has 1 aromatic heterocycles. The highest BCUT2D eigenvalue weighted by Crippen LogP contribution is 2.42. The number of nitrogens with zero attached hydrogens (tertiary/aromatic N) is 4. The van der Waals surface area contributed by atoms with Crippen LogP contribution in [0.5, 0.6) is 0 Å². The van der Waals surface area contributed by atoms with E-state index >= 15 is 0 Å². The molecular formula is C22H26Cl2N6O2. The van der Waals surface area contributed by atoms with Gasteiger partial charge in [0.15, 0.2) is 0 Å². The summed E-state index contributed by atoms with van der Waals surface area (Å²) in [6, 6.07) is 4.15. The van der Waals surface area contributed by atoms with Crippen molar-refractivity contribution in [2.75, 3.05) is 36.5 Å². The molecule has 170 valence electrons. The predicted octanol–water partition coefficient (Wildman–Crippen LogP) is 3.27. The fourth-order valence-electron chi connectivity index (χ4n) is 4.38. The van der Waals surface area contributed by atoms with Gasteiger partial charge in [-0.05, 0) is 37.8 Å². The number of nitrogens with one attached hydrogen (secondary N) is 1. The Bertz CT molecular complexity index is 1080. The zero-order valence-electron chi connectivity index (χ0n) is 17.6. The van der Waals surface area contributed by atoms with Crippen molar-refractivity contribution in [2.24, 2.45) is 16.1 Å². The number of aliphatic hydroxyl groups is 1. The van der Waals surface area contributed by atoms with E-state index in [2.05, 4.69) is 25.2 Å². The van der Waals surface area contributed by atoms with Gasteiger partial charge in [-0.15, -0.1) is 0 Å². The standard InChI is InChI=1S/C22H26Cl2N6O2/c23-15-7-13-10-26-21(29-17(9-25)20(24)27-14-1-2-14)28-16(13)8-18(15)30-5-3-22(4-6-30)12-32-11-19(22)31/h7-10,14,19,31H,1-6,11-12,25H2,(H,26,28,29). The van der Waals surface area contributed by atoms with E-state index in [1.54, 1.807) is 6.20 Å². The third-order valence-electron chi connectivity index (χ3n) is 6.60. The third-order valence-corrected chi connectivity index (χ3v) is 7.20. The van der Waals surface area contributed by atoms with Gasteiger partial charge < -0.3 is 25.8 Å². The van der Waals surface area contributed by atoms with Gasteiger partial charge in [0.25, 0.3) is 0 Å². The van der Waals surface area contributed by atoms with Gasteiger partial charge in [0.05, 0.1) is 47.3 Å². The molecule has 5 rings (SSSR count). The fraction of sp³-hybridized carbons (Fsp3) is 0.500. The fourth-order valence-corrected chi connectivity index (χ4v) is 4.92. The lowest BCUT2D eigenvalue weighted by Crippen LogP contribution is -2.46. The molecule has 0 radical (unpaired) electrons. The van der Waals surface area contributed by atoms with Crippen molar-refractivity contribution in [2.45, 2.75) is 37.8 Å². The number of nitrogens with two attached hydrogens (primary N) is 1. The molecule has 3 aliphatic rings. The summed E-state index contributed by atoms with van der Waals surface area (Å²) in [6.45, 7) is 2.65. The van der Waals surface area contributed by atoms with Crippen LogP contribution in [0.15, 0.2) is 35.2 Å². The Kier molecular flexibility index (Phi) is 5.88. The average Bonchev–Trinajstić information content (AvgIpc) is 3.54. The summed E-state index contributed by atoms with van der Waals surface area (Å²) in [7, 11) is 0. The second-order valence-corrected chi connectivity index (χ2v) is 9.56. The Morgan fingerprint density at radius 3 is 2.78 bits per heavy atom. The smallest absolute Gasteiger partial charge is 0.227 e. The molecule has 0 amide bonds. The van der Waals surface area contributed by atoms with Crippen LogP contribution in [-0.4, -0.2) is 58.7 Å². The first-order valence-corrected chi connectivity index (χ1v) is 11.6. The monoisotopic (exact) mass is 476 g/mol. The van der Waals surface area contributed by atoms with E-state index < -0.39 is 6.10 Å². The van der Waals surface area contributed by atoms with Crippen LogP contribution < -0.4 is 16.0 Å². The zero-order valence-corrected chi connectivity index (χ0v) is 19.1. The molecule has 2 saturated heterocycles. The molecule has 2 aliphatic heterocycles. The second-order valence-electron chi connectivity index (χ2n) is 8.79. The molecule has 0 bridgehead atoms. The number of piperidine rings is 1. The van der Waals surface area contributed by atoms with Crippen molar-refractivity contribution in [3.63, 3.8) is 0 Å². The molecule has 4 N–H and O–H groups in total. The van der Waals surface area contributed by atoms with Crippen molar-refractivity contribution in [3.8, 4) is 0 Å². The number of aliphatic hydroxyl groups excluding tert-OH is 1. The van der Waals surface area contributed by atoms with Crippen molar-refractivity contribution >= 4 is 50.9 Å². The number of benzene rings is 1. The number of anilines is 2. The van der Waals surface area contributed by atoms with Gasteiger partial charge in [0, 0.05) is 36.3 Å². The van der Waals surface area contributed by atoms with Gasteiger partial charge in [-0.25, -0.2) is 9.97 Å². The van der Waals surface area contributed by atoms with Crippen LogP contribution in [0, 0.1) is 5.41 Å². The van der Waals surface area contributed by atoms with Crippen LogP contribution in [0.2, 0.25) is 5.02 Å². The summed E-state index contributed by atoms with van der Waals surface area (Å²) < 4.78 is 5.52. The molecule has 3 heterocycles. The lowest BCUT2D eigenvalue weighted by atomic mass is 9.76. The summed E-state index contributed by atoms with van der Waals surface area (Å²) in [5.41, 5.74) is 7.77. The van der Waals surface area contributed by atoms with E-state index in [0.717, 1.165) is 55.4 Å². The molecule has 8 nitrogen and oxygen atoms in total. The van der Waals surface area contributed by atoms with Gasteiger partial charge in [-0.3, -0.25) is 4.99 Å². The Labute approximate surface area is 196 Å². The minimum Gasteiger partial charge on any atom is -0.403 e. The number of aliphatic imine (C=N–C) groups is 1. The highest BCUT2D eigenvalue weighted by Gasteiger charge is 2.45. The Hall–Kier alpha value is -2.13. The summed E-state index contributed by atoms with van der Waals surface area (Å²) in [5.74, 6) is 0.385. The van der Waals surface area contributed by atoms with Crippen LogP contribution >= 0.6 is 23.2 Å². The van der Waals surface area contributed by atoms with Crippen LogP contribution in [0.1, 0.15) is 25.7 Å². The van der Waals surface area contributed by atoms with E-state index in [0.29, 0.717) is 35.1 Å². The minimum atomic E-state index is -0.391. The molecule has 1 saturated carbocycles. The number of allylic oxidation sites excluding steroid dienone is 1. The van der Waals surface area contributed by atoms with Crippen molar-refractivity contribution in [1.29, 1.82) is 0 Å². The molecule has 3 fully saturated rings. The SMILES string of the molecule is NC=C(Nc1ncc2cc(Cl)c(N3CCC4(CC3)COCC4O)cc2n1)C(Cl)=NC1CC1. The molecule has 2 aromatic rings. The van der Waals surface area contributed by atoms with Crippen molar-refractivity contribution in [3.05, 3.63) is 35.2 Å². The van der Waals surface area contributed by atoms with Gasteiger partial charge in [0.2, 0.25) is 5.95 Å². The first-order valence-electron chi connectivity index (χ1n) is 10.9. The van der Waals surface area contributed by atoms with Crippen molar-refractivity contribution in [1.82, 2.24) is 9.97 Å². The Balaban J connectivity index is 1.36. The highest BCUT2D eigenvalue weighted by molar-refractivity contribution is 6.69. The highest BCUT2D eigenvalue weighted by atomic mass is 35.5. The lowest BCUT2D eigenvalue weighted by Gasteiger charge is -2.41. The topological polar surface area (TPSA) is 109 Å². The number of aromatic nitrogens is 2. The quantitative estimate of drug-likeness (QED) is 0.568. The molecule has 1 aromatic carbocycles. The second kappa shape index (κ2) is 8.67. The normalized spacial score (nSPS) is 23.8. The van der Waals surface area contributed by atoms with Crippen LogP contribution in [0.3, 0.4) is 0 Å². The molecule has 10 heteroatoms. The zero-order chi connectivity index (χ0) is 22.3. The number of hydrogen-bond acceptors (Lipinski definition) is 8. The molecule has 1 atom stereocenters. The maximum absolute atomic E-state index is 10.3. The van der Waals surface area contributed by atoms with Crippen LogP contribution in [0.25, 0.3) is 10.9 Å². The summed E-state index contributed by atoms with van der Waals surface area (Å²) >= 11 is 12.9. The van der Waals surface area contributed by atoms with E-state index in [4.69, 9.17) is 33.7 Å². The first kappa shape index (κ1) is 21.7. The Morgan fingerprint density at radius 1 is 1.34 bits per heavy atom. The maximum atomic E-state index is 10.3. The van der Waals surface area contributed by atoms with E-state index in [-0.39, 0.29) is 11.5 Å². The minimum absolute atomic E-state index is 0.134. The summed E-state index contributed by atoms with van der Waals surface area (Å²) in [6.07, 6.45) is 6.53. The number of rotatable bonds is 5. The number of ether oxygens (including phenoxy) is 1. The van der Waals surface area contributed by atoms with Crippen LogP contribution in [0.4, 0.5) is 11.6 Å². The number of hydrogen-bond donors (Lipinski definition) is 3. The molecule has 1 unspecified atom stereocenters. The Morgan fingerprint density at radius 2 is 2.12 bits per heavy atom. The van der Waals surface area contributed by atoms with Gasteiger partial charge in [-0.1, -0.05) is 23.2 Å². The molecular weight excluding hydrogens is 451 g/mol. The maximum Gasteiger partial charge on any atom is 0.227 e. The first-order chi connectivity index (χ1) is 15.5. The number of fused-ring (bicyclic) bond motifs is 1. The summed E-state index contributed by atoms with van der Waals surface area (Å²) in [5, 5.41) is 15.2. The van der Waals surface area contributed by atoms with Gasteiger partial charge in [0.1, 0.15) is 5.17 Å². The summed E-state index contributed by atoms with van der Waals surface area (Å²) in [4.78, 5) is 15.7. The van der Waals surface area contributed by atoms with Crippen LogP contribution in [-0.2, 0) is 4.74 Å². The molecule has 32 heavy (non-hydrogen) atoms. The van der Waals surface area contributed by atoms with Crippen molar-refractivity contribution < 1.29 is 9.84 Å². The molecule has 1 spiro atoms. The van der Waals surface area contributed by atoms with E-state index in [1.807, 2.05) is 12.1 Å². The van der Waals surface area contributed by atoms with Gasteiger partial charge in [-0.2, -0.15) is 0 Å². The van der Waals surface area contributed by atoms with Gasteiger partial charge >= 0.3 is 0 Å². The lowest BCUT2D eigenvalue weighted by molar-refractivity contribution is 0.0495. The molecule has 1 aliphatic carbocycles. The average molecular weight is 477 g/mol.